The monoisotopic (exact) mass is 225 g/mol. The topological polar surface area (TPSA) is 60.2 Å². The fourth-order valence-electron chi connectivity index (χ4n) is 1.80. The van der Waals surface area contributed by atoms with Crippen LogP contribution in [0.2, 0.25) is 0 Å². The van der Waals surface area contributed by atoms with Gasteiger partial charge in [0.15, 0.2) is 5.82 Å². The number of aliphatic hydroxyl groups excluding tert-OH is 1. The van der Waals surface area contributed by atoms with Gasteiger partial charge in [0.1, 0.15) is 12.4 Å². The molecule has 0 spiro atoms. The molecule has 0 atom stereocenters. The van der Waals surface area contributed by atoms with Gasteiger partial charge >= 0.3 is 0 Å². The number of aromatic nitrogens is 3. The fraction of sp³-hybridized carbons (Fsp3) is 0.818. The summed E-state index contributed by atoms with van der Waals surface area (Å²) in [5.74, 6) is 1.59. The van der Waals surface area contributed by atoms with Crippen LogP contribution in [-0.4, -0.2) is 32.6 Å². The highest BCUT2D eigenvalue weighted by Gasteiger charge is 2.31. The summed E-state index contributed by atoms with van der Waals surface area (Å²) in [4.78, 5) is 0. The quantitative estimate of drug-likeness (QED) is 0.814. The minimum absolute atomic E-state index is 0.0447. The Morgan fingerprint density at radius 1 is 1.38 bits per heavy atom. The SMILES string of the molecule is COC(C)(C)Cc1nnc(CO)n1C1CC1. The lowest BCUT2D eigenvalue weighted by molar-refractivity contribution is 0.0207. The van der Waals surface area contributed by atoms with Gasteiger partial charge in [0.05, 0.1) is 5.60 Å². The Kier molecular flexibility index (Phi) is 2.99. The zero-order chi connectivity index (χ0) is 11.8. The maximum atomic E-state index is 9.21. The molecule has 1 aliphatic rings. The number of nitrogens with zero attached hydrogens (tertiary/aromatic N) is 3. The van der Waals surface area contributed by atoms with Gasteiger partial charge in [-0.3, -0.25) is 0 Å². The molecule has 5 heteroatoms. The molecule has 1 heterocycles. The maximum Gasteiger partial charge on any atom is 0.159 e. The normalized spacial score (nSPS) is 16.8. The number of rotatable bonds is 5. The minimum Gasteiger partial charge on any atom is -0.388 e. The molecular weight excluding hydrogens is 206 g/mol. The van der Waals surface area contributed by atoms with Crippen LogP contribution in [0.3, 0.4) is 0 Å². The van der Waals surface area contributed by atoms with Gasteiger partial charge in [0.25, 0.3) is 0 Å². The van der Waals surface area contributed by atoms with Crippen LogP contribution in [0, 0.1) is 0 Å². The summed E-state index contributed by atoms with van der Waals surface area (Å²) in [7, 11) is 1.70. The first-order valence-corrected chi connectivity index (χ1v) is 5.66. The van der Waals surface area contributed by atoms with E-state index in [-0.39, 0.29) is 12.2 Å². The number of hydrogen-bond donors (Lipinski definition) is 1. The van der Waals surface area contributed by atoms with Gasteiger partial charge in [-0.15, -0.1) is 10.2 Å². The average molecular weight is 225 g/mol. The van der Waals surface area contributed by atoms with E-state index in [1.54, 1.807) is 7.11 Å². The van der Waals surface area contributed by atoms with Gasteiger partial charge in [0, 0.05) is 19.6 Å². The molecule has 90 valence electrons. The summed E-state index contributed by atoms with van der Waals surface area (Å²) >= 11 is 0. The smallest absolute Gasteiger partial charge is 0.159 e. The highest BCUT2D eigenvalue weighted by Crippen LogP contribution is 2.37. The van der Waals surface area contributed by atoms with E-state index in [0.29, 0.717) is 18.3 Å². The number of methoxy groups -OCH3 is 1. The molecular formula is C11H19N3O2. The van der Waals surface area contributed by atoms with Crippen molar-refractivity contribution in [2.24, 2.45) is 0 Å². The van der Waals surface area contributed by atoms with E-state index >= 15 is 0 Å². The number of ether oxygens (including phenoxy) is 1. The molecule has 0 radical (unpaired) electrons. The van der Waals surface area contributed by atoms with Crippen LogP contribution >= 0.6 is 0 Å². The summed E-state index contributed by atoms with van der Waals surface area (Å²) in [5.41, 5.74) is -0.244. The molecule has 1 N–H and O–H groups in total. The summed E-state index contributed by atoms with van der Waals surface area (Å²) in [6, 6.07) is 0.486. The van der Waals surface area contributed by atoms with Crippen LogP contribution in [0.1, 0.15) is 44.4 Å². The third-order valence-corrected chi connectivity index (χ3v) is 3.03. The van der Waals surface area contributed by atoms with Crippen molar-refractivity contribution in [2.45, 2.75) is 51.4 Å². The Bertz CT molecular complexity index is 369. The summed E-state index contributed by atoms with van der Waals surface area (Å²) < 4.78 is 7.47. The molecule has 16 heavy (non-hydrogen) atoms. The molecule has 1 fully saturated rings. The largest absolute Gasteiger partial charge is 0.388 e. The molecule has 0 aliphatic heterocycles. The fourth-order valence-corrected chi connectivity index (χ4v) is 1.80. The van der Waals surface area contributed by atoms with Crippen LogP contribution in [0.4, 0.5) is 0 Å². The molecule has 0 aromatic carbocycles. The Hall–Kier alpha value is -0.940. The van der Waals surface area contributed by atoms with E-state index in [0.717, 1.165) is 18.7 Å². The second-order valence-electron chi connectivity index (χ2n) is 4.93. The second-order valence-corrected chi connectivity index (χ2v) is 4.93. The van der Waals surface area contributed by atoms with Crippen molar-refractivity contribution >= 4 is 0 Å². The van der Waals surface area contributed by atoms with Crippen molar-refractivity contribution in [3.8, 4) is 0 Å². The van der Waals surface area contributed by atoms with Crippen molar-refractivity contribution in [3.05, 3.63) is 11.6 Å². The van der Waals surface area contributed by atoms with Crippen molar-refractivity contribution in [1.29, 1.82) is 0 Å². The lowest BCUT2D eigenvalue weighted by Gasteiger charge is -2.22. The van der Waals surface area contributed by atoms with Gasteiger partial charge in [0.2, 0.25) is 0 Å². The lowest BCUT2D eigenvalue weighted by Crippen LogP contribution is -2.27. The minimum atomic E-state index is -0.244. The van der Waals surface area contributed by atoms with Crippen LogP contribution in [0.5, 0.6) is 0 Å². The van der Waals surface area contributed by atoms with Crippen LogP contribution in [-0.2, 0) is 17.8 Å². The van der Waals surface area contributed by atoms with E-state index < -0.39 is 0 Å². The first-order valence-electron chi connectivity index (χ1n) is 5.66. The Morgan fingerprint density at radius 3 is 2.50 bits per heavy atom. The molecule has 1 aromatic heterocycles. The zero-order valence-electron chi connectivity index (χ0n) is 10.1. The van der Waals surface area contributed by atoms with E-state index in [1.165, 1.54) is 0 Å². The Balaban J connectivity index is 2.23. The van der Waals surface area contributed by atoms with Crippen molar-refractivity contribution in [3.63, 3.8) is 0 Å². The molecule has 0 bridgehead atoms. The van der Waals surface area contributed by atoms with E-state index in [4.69, 9.17) is 4.74 Å². The van der Waals surface area contributed by atoms with E-state index in [9.17, 15) is 5.11 Å². The highest BCUT2D eigenvalue weighted by atomic mass is 16.5. The maximum absolute atomic E-state index is 9.21. The Morgan fingerprint density at radius 2 is 2.00 bits per heavy atom. The van der Waals surface area contributed by atoms with Crippen LogP contribution < -0.4 is 0 Å². The molecule has 1 saturated carbocycles. The van der Waals surface area contributed by atoms with Gasteiger partial charge in [-0.25, -0.2) is 0 Å². The van der Waals surface area contributed by atoms with Gasteiger partial charge in [-0.2, -0.15) is 0 Å². The lowest BCUT2D eigenvalue weighted by atomic mass is 10.0. The molecule has 2 rings (SSSR count). The van der Waals surface area contributed by atoms with E-state index in [2.05, 4.69) is 14.8 Å². The Labute approximate surface area is 95.4 Å². The number of aliphatic hydroxyl groups is 1. The van der Waals surface area contributed by atoms with Gasteiger partial charge in [-0.05, 0) is 26.7 Å². The van der Waals surface area contributed by atoms with Crippen LogP contribution in [0.15, 0.2) is 0 Å². The predicted molar refractivity (Wildman–Crippen MR) is 59.0 cm³/mol. The third kappa shape index (κ3) is 2.25. The standard InChI is InChI=1S/C11H19N3O2/c1-11(2,16-3)6-9-12-13-10(7-15)14(9)8-4-5-8/h8,15H,4-7H2,1-3H3. The molecule has 0 saturated heterocycles. The summed E-state index contributed by atoms with van der Waals surface area (Å²) in [5, 5.41) is 17.4. The molecule has 1 aromatic rings. The highest BCUT2D eigenvalue weighted by molar-refractivity contribution is 5.04. The van der Waals surface area contributed by atoms with Crippen molar-refractivity contribution in [1.82, 2.24) is 14.8 Å². The molecule has 0 unspecified atom stereocenters. The van der Waals surface area contributed by atoms with Crippen molar-refractivity contribution < 1.29 is 9.84 Å². The van der Waals surface area contributed by atoms with Gasteiger partial charge < -0.3 is 14.4 Å². The van der Waals surface area contributed by atoms with E-state index in [1.807, 2.05) is 13.8 Å². The molecule has 0 amide bonds. The predicted octanol–water partition coefficient (Wildman–Crippen LogP) is 1.07. The summed E-state index contributed by atoms with van der Waals surface area (Å²) in [6.07, 6.45) is 3.03. The zero-order valence-corrected chi connectivity index (χ0v) is 10.1. The second kappa shape index (κ2) is 4.14. The molecule has 5 nitrogen and oxygen atoms in total. The average Bonchev–Trinajstić information content (AvgIpc) is 3.01. The van der Waals surface area contributed by atoms with Crippen LogP contribution in [0.25, 0.3) is 0 Å². The summed E-state index contributed by atoms with van der Waals surface area (Å²) in [6.45, 7) is 4.01. The molecule has 1 aliphatic carbocycles. The first kappa shape index (κ1) is 11.5. The number of hydrogen-bond acceptors (Lipinski definition) is 4. The first-order chi connectivity index (χ1) is 7.57. The van der Waals surface area contributed by atoms with Crippen molar-refractivity contribution in [2.75, 3.05) is 7.11 Å². The third-order valence-electron chi connectivity index (χ3n) is 3.03. The van der Waals surface area contributed by atoms with Gasteiger partial charge in [-0.1, -0.05) is 0 Å².